The minimum atomic E-state index is -2.16. The van der Waals surface area contributed by atoms with E-state index in [4.69, 9.17) is 71.1 Å². The molecule has 0 aromatic carbocycles. The molecule has 0 spiro atoms. The van der Waals surface area contributed by atoms with Gasteiger partial charge in [-0.1, -0.05) is 0 Å². The van der Waals surface area contributed by atoms with Crippen molar-refractivity contribution in [3.8, 4) is 0 Å². The summed E-state index contributed by atoms with van der Waals surface area (Å²) in [6, 6.07) is -3.23. The second-order valence-corrected chi connectivity index (χ2v) is 23.8. The molecular formula is C52H88N2O36. The van der Waals surface area contributed by atoms with Crippen LogP contribution in [0.3, 0.4) is 0 Å². The molecule has 0 unspecified atom stereocenters. The third-order valence-corrected chi connectivity index (χ3v) is 17.3. The van der Waals surface area contributed by atoms with Crippen molar-refractivity contribution in [2.75, 3.05) is 19.8 Å². The molecule has 8 fully saturated rings. The van der Waals surface area contributed by atoms with Gasteiger partial charge in [0.2, 0.25) is 11.8 Å². The Balaban J connectivity index is 0.957. The first-order valence-electron chi connectivity index (χ1n) is 29.4. The second-order valence-electron chi connectivity index (χ2n) is 23.8. The highest BCUT2D eigenvalue weighted by Crippen LogP contribution is 2.39. The number of hydrogen-bond acceptors (Lipinski definition) is 36. The van der Waals surface area contributed by atoms with Crippen LogP contribution in [0.5, 0.6) is 0 Å². The van der Waals surface area contributed by atoms with Crippen LogP contribution >= 0.6 is 0 Å². The maximum Gasteiger partial charge on any atom is 0.217 e. The molecule has 8 saturated heterocycles. The number of carbonyl (C=O) groups excluding carboxylic acids is 2. The highest BCUT2D eigenvalue weighted by Gasteiger charge is 2.59. The largest absolute Gasteiger partial charge is 0.394 e. The van der Waals surface area contributed by atoms with Crippen LogP contribution in [-0.4, -0.2) is 374 Å². The van der Waals surface area contributed by atoms with Crippen LogP contribution in [0.2, 0.25) is 0 Å². The SMILES string of the molecule is CC(=O)N[C@@H]1[C@@H](O)[C@H](O[C@H]2O[C@@H](C)[C@H](O)[C@@H](O[C@@H]3O[C@@H](C)[C@H](O)[C@@H](O[C@@H]4O[C@@H](C)[C@H](O)[C@@H](O[C@@H]5O[C@@H](C)[C@H](O)[C@@H](O[C@@H]6O[C@H](CO)[C@@H](O)[C@H](O[C@H]7O[C@H](CO)[C@H](O)[C@H](O[C@@H]8O[C@@H](C)[C@H](O)[C@@H](O)[C@H]8O)[C@H]7O)[C@H]6NC(C)=O)[C@H]5O)[C@H]4O)[C@H]3O)[C@H]2O)[C@@H](CO)O[C@H]1O. The second kappa shape index (κ2) is 30.8. The van der Waals surface area contributed by atoms with Gasteiger partial charge in [-0.3, -0.25) is 9.59 Å². The summed E-state index contributed by atoms with van der Waals surface area (Å²) >= 11 is 0. The van der Waals surface area contributed by atoms with Crippen molar-refractivity contribution in [2.24, 2.45) is 0 Å². The van der Waals surface area contributed by atoms with E-state index < -0.39 is 277 Å². The van der Waals surface area contributed by atoms with E-state index in [0.29, 0.717) is 0 Å². The van der Waals surface area contributed by atoms with Gasteiger partial charge in [0.25, 0.3) is 0 Å². The number of rotatable bonds is 19. The fraction of sp³-hybridized carbons (Fsp3) is 0.962. The molecule has 0 saturated carbocycles. The smallest absolute Gasteiger partial charge is 0.217 e. The van der Waals surface area contributed by atoms with Gasteiger partial charge in [0.1, 0.15) is 165 Å². The number of hydrogen-bond donors (Lipinski definition) is 21. The fourth-order valence-corrected chi connectivity index (χ4v) is 12.0. The normalized spacial score (nSPS) is 53.0. The van der Waals surface area contributed by atoms with Crippen LogP contribution in [-0.2, 0) is 80.6 Å². The van der Waals surface area contributed by atoms with E-state index >= 15 is 0 Å². The summed E-state index contributed by atoms with van der Waals surface area (Å²) in [5.41, 5.74) is 0. The molecule has 38 heteroatoms. The van der Waals surface area contributed by atoms with Crippen molar-refractivity contribution < 1.29 is 178 Å². The minimum Gasteiger partial charge on any atom is -0.394 e. The number of nitrogens with one attached hydrogen (secondary N) is 2. The predicted octanol–water partition coefficient (Wildman–Crippen LogP) is -13.0. The molecule has 8 aliphatic heterocycles. The molecule has 522 valence electrons. The molecule has 40 atom stereocenters. The molecule has 0 aliphatic carbocycles. The van der Waals surface area contributed by atoms with Crippen LogP contribution in [0.25, 0.3) is 0 Å². The highest BCUT2D eigenvalue weighted by molar-refractivity contribution is 5.73. The Bertz CT molecular complexity index is 2300. The fourth-order valence-electron chi connectivity index (χ4n) is 12.0. The van der Waals surface area contributed by atoms with Gasteiger partial charge in [-0.15, -0.1) is 0 Å². The lowest BCUT2D eigenvalue weighted by Gasteiger charge is -2.50. The molecule has 8 aliphatic rings. The Hall–Kier alpha value is -2.42. The number of carbonyl (C=O) groups is 2. The van der Waals surface area contributed by atoms with Gasteiger partial charge in [0.15, 0.2) is 50.3 Å². The van der Waals surface area contributed by atoms with Crippen molar-refractivity contribution in [1.82, 2.24) is 10.6 Å². The molecule has 2 amide bonds. The predicted molar refractivity (Wildman–Crippen MR) is 281 cm³/mol. The minimum absolute atomic E-state index is 0.676. The van der Waals surface area contributed by atoms with Gasteiger partial charge < -0.3 is 179 Å². The standard InChI is InChI=1S/C52H88N2O36/c1-11-23(60)31(68)32(69)47(76-11)90-44-29(66)19(9-56)83-52(37(44)74)85-39-22(54-17(7)59)46(82-18(8-55)28(39)65)86-40-24(61)12(2)78-49(33(40)70)88-42-26(63)14(4)80-51(35(42)72)89-43-27(64)15(5)79-50(36(43)73)87-41-25(62)13(3)77-48(34(41)71)84-38-20(10-57)81-45(75)21(30(38)67)53-16(6)58/h11-15,18-52,55-57,60-75H,8-10H2,1-7H3,(H,53,58)(H,54,59)/t11-,12-,13-,14-,15-,18+,19+,20+,21+,22+,23-,24-,25-,26-,27-,28+,29-,30+,31+,32+,33+,34+,35+,36+,37+,38+,39+,40+,41+,42+,43+,44-,45+,46-,47-,48+,49-,50-,51-,52+/m0/s1. The Kier molecular flexibility index (Phi) is 25.1. The Morgan fingerprint density at radius 2 is 0.567 bits per heavy atom. The zero-order valence-corrected chi connectivity index (χ0v) is 49.7. The maximum absolute atomic E-state index is 12.9. The third-order valence-electron chi connectivity index (χ3n) is 17.3. The van der Waals surface area contributed by atoms with Gasteiger partial charge in [0.05, 0.1) is 50.3 Å². The summed E-state index contributed by atoms with van der Waals surface area (Å²) in [4.78, 5) is 24.7. The molecule has 8 heterocycles. The topological polar surface area (TPSA) is 581 Å². The third kappa shape index (κ3) is 15.4. The average Bonchev–Trinajstić information content (AvgIpc) is 1.11. The monoisotopic (exact) mass is 1320 g/mol. The van der Waals surface area contributed by atoms with E-state index in [1.165, 1.54) is 34.6 Å². The van der Waals surface area contributed by atoms with Crippen molar-refractivity contribution >= 4 is 11.8 Å². The molecule has 38 nitrogen and oxygen atoms in total. The summed E-state index contributed by atoms with van der Waals surface area (Å²) in [5, 5.41) is 215. The average molecular weight is 1320 g/mol. The summed E-state index contributed by atoms with van der Waals surface area (Å²) in [7, 11) is 0. The molecule has 0 bridgehead atoms. The van der Waals surface area contributed by atoms with Crippen LogP contribution in [0.4, 0.5) is 0 Å². The summed E-state index contributed by atoms with van der Waals surface area (Å²) in [5.74, 6) is -1.52. The molecular weight excluding hydrogens is 1230 g/mol. The highest BCUT2D eigenvalue weighted by atomic mass is 16.8. The first kappa shape index (κ1) is 73.4. The van der Waals surface area contributed by atoms with Crippen LogP contribution in [0.1, 0.15) is 48.5 Å². The zero-order chi connectivity index (χ0) is 66.4. The Morgan fingerprint density at radius 3 is 0.933 bits per heavy atom. The van der Waals surface area contributed by atoms with Crippen LogP contribution < -0.4 is 10.6 Å². The van der Waals surface area contributed by atoms with E-state index in [0.717, 1.165) is 13.8 Å². The van der Waals surface area contributed by atoms with Crippen LogP contribution in [0, 0.1) is 0 Å². The summed E-state index contributed by atoms with van der Waals surface area (Å²) < 4.78 is 87.1. The number of amides is 2. The van der Waals surface area contributed by atoms with E-state index in [1.54, 1.807) is 0 Å². The lowest BCUT2D eigenvalue weighted by molar-refractivity contribution is -0.393. The molecule has 0 aromatic heterocycles. The van der Waals surface area contributed by atoms with Gasteiger partial charge >= 0.3 is 0 Å². The van der Waals surface area contributed by atoms with Crippen molar-refractivity contribution in [3.63, 3.8) is 0 Å². The van der Waals surface area contributed by atoms with E-state index in [1.807, 2.05) is 0 Å². The first-order chi connectivity index (χ1) is 42.3. The van der Waals surface area contributed by atoms with E-state index in [2.05, 4.69) is 10.6 Å². The van der Waals surface area contributed by atoms with E-state index in [9.17, 15) is 107 Å². The lowest BCUT2D eigenvalue weighted by atomic mass is 9.94. The van der Waals surface area contributed by atoms with Crippen molar-refractivity contribution in [3.05, 3.63) is 0 Å². The molecule has 8 rings (SSSR count). The molecule has 0 radical (unpaired) electrons. The van der Waals surface area contributed by atoms with Gasteiger partial charge in [-0.05, 0) is 34.6 Å². The van der Waals surface area contributed by atoms with E-state index in [-0.39, 0.29) is 0 Å². The number of aliphatic hydroxyl groups is 19. The maximum atomic E-state index is 12.9. The molecule has 21 N–H and O–H groups in total. The van der Waals surface area contributed by atoms with Gasteiger partial charge in [-0.25, -0.2) is 0 Å². The number of ether oxygens (including phenoxy) is 15. The first-order valence-corrected chi connectivity index (χ1v) is 29.4. The molecule has 90 heavy (non-hydrogen) atoms. The summed E-state index contributed by atoms with van der Waals surface area (Å²) in [6.07, 6.45) is -67.7. The summed E-state index contributed by atoms with van der Waals surface area (Å²) in [6.45, 7) is 5.91. The van der Waals surface area contributed by atoms with Gasteiger partial charge in [0, 0.05) is 13.8 Å². The number of aliphatic hydroxyl groups excluding tert-OH is 19. The van der Waals surface area contributed by atoms with Crippen molar-refractivity contribution in [2.45, 2.75) is 294 Å². The van der Waals surface area contributed by atoms with Crippen LogP contribution in [0.15, 0.2) is 0 Å². The zero-order valence-electron chi connectivity index (χ0n) is 49.7. The lowest BCUT2D eigenvalue weighted by Crippen LogP contribution is -2.70. The van der Waals surface area contributed by atoms with Crippen molar-refractivity contribution in [1.29, 1.82) is 0 Å². The Morgan fingerprint density at radius 1 is 0.289 bits per heavy atom. The van der Waals surface area contributed by atoms with Gasteiger partial charge in [-0.2, -0.15) is 0 Å². The molecule has 0 aromatic rings. The Labute approximate surface area is 513 Å². The quantitative estimate of drug-likeness (QED) is 0.0571.